The van der Waals surface area contributed by atoms with Crippen molar-refractivity contribution in [2.24, 2.45) is 11.8 Å². The Morgan fingerprint density at radius 2 is 2.29 bits per heavy atom. The molecule has 0 aromatic carbocycles. The van der Waals surface area contributed by atoms with Gasteiger partial charge in [-0.1, -0.05) is 13.8 Å². The number of nitrogens with zero attached hydrogens (tertiary/aromatic N) is 2. The first kappa shape index (κ1) is 10.6. The van der Waals surface area contributed by atoms with Gasteiger partial charge in [-0.25, -0.2) is 0 Å². The molecule has 0 saturated heterocycles. The van der Waals surface area contributed by atoms with Crippen LogP contribution in [0.2, 0.25) is 0 Å². The van der Waals surface area contributed by atoms with E-state index in [9.17, 15) is 0 Å². The fourth-order valence-corrected chi connectivity index (χ4v) is 1.35. The number of anilines is 1. The van der Waals surface area contributed by atoms with Crippen molar-refractivity contribution in [3.05, 3.63) is 18.5 Å². The second-order valence-electron chi connectivity index (χ2n) is 3.93. The number of nitrogens with one attached hydrogen (secondary N) is 1. The van der Waals surface area contributed by atoms with Gasteiger partial charge in [-0.3, -0.25) is 0 Å². The topological polar surface area (TPSA) is 42.8 Å². The number of hydrogen-bond acceptors (Lipinski definition) is 2. The van der Waals surface area contributed by atoms with Crippen molar-refractivity contribution in [1.29, 1.82) is 5.26 Å². The van der Waals surface area contributed by atoms with Crippen molar-refractivity contribution in [1.82, 2.24) is 4.98 Å². The molecule has 0 saturated carbocycles. The highest BCUT2D eigenvalue weighted by Gasteiger charge is 2.15. The van der Waals surface area contributed by atoms with Crippen LogP contribution in [0.25, 0.3) is 0 Å². The Bertz CT molecular complexity index is 295. The Labute approximate surface area is 85.3 Å². The summed E-state index contributed by atoms with van der Waals surface area (Å²) in [6.45, 7) is 4.95. The zero-order chi connectivity index (χ0) is 10.6. The van der Waals surface area contributed by atoms with E-state index in [0.29, 0.717) is 5.92 Å². The summed E-state index contributed by atoms with van der Waals surface area (Å²) in [5, 5.41) is 8.96. The minimum absolute atomic E-state index is 0.0925. The normalized spacial score (nSPS) is 12.5. The largest absolute Gasteiger partial charge is 0.372 e. The highest BCUT2D eigenvalue weighted by Crippen LogP contribution is 2.16. The number of hydrogen-bond donors (Lipinski definition) is 1. The molecule has 0 aliphatic heterocycles. The van der Waals surface area contributed by atoms with Crippen LogP contribution in [-0.2, 0) is 0 Å². The third-order valence-electron chi connectivity index (χ3n) is 2.46. The molecule has 76 valence electrons. The van der Waals surface area contributed by atoms with Crippen LogP contribution in [-0.4, -0.2) is 18.6 Å². The van der Waals surface area contributed by atoms with Gasteiger partial charge in [0.05, 0.1) is 17.7 Å². The highest BCUT2D eigenvalue weighted by molar-refractivity contribution is 5.43. The molecule has 0 amide bonds. The summed E-state index contributed by atoms with van der Waals surface area (Å²) >= 11 is 0. The molecule has 0 fully saturated rings. The SMILES string of the molecule is CC(C)C(C#N)CN(C)c1cc[nH]c1. The van der Waals surface area contributed by atoms with E-state index in [-0.39, 0.29) is 5.92 Å². The molecule has 1 aromatic heterocycles. The predicted molar refractivity (Wildman–Crippen MR) is 58.0 cm³/mol. The summed E-state index contributed by atoms with van der Waals surface area (Å²) < 4.78 is 0. The van der Waals surface area contributed by atoms with E-state index < -0.39 is 0 Å². The number of nitriles is 1. The highest BCUT2D eigenvalue weighted by atomic mass is 15.1. The van der Waals surface area contributed by atoms with Gasteiger partial charge in [0.2, 0.25) is 0 Å². The number of rotatable bonds is 4. The van der Waals surface area contributed by atoms with E-state index in [1.165, 1.54) is 0 Å². The number of aromatic nitrogens is 1. The van der Waals surface area contributed by atoms with Gasteiger partial charge >= 0.3 is 0 Å². The number of H-pyrrole nitrogens is 1. The zero-order valence-electron chi connectivity index (χ0n) is 8.99. The molecule has 0 aliphatic rings. The van der Waals surface area contributed by atoms with E-state index in [1.54, 1.807) is 0 Å². The predicted octanol–water partition coefficient (Wildman–Crippen LogP) is 2.25. The van der Waals surface area contributed by atoms with Crippen molar-refractivity contribution >= 4 is 5.69 Å². The van der Waals surface area contributed by atoms with Crippen LogP contribution < -0.4 is 4.90 Å². The second-order valence-corrected chi connectivity index (χ2v) is 3.93. The Kier molecular flexibility index (Phi) is 3.58. The molecule has 0 spiro atoms. The lowest BCUT2D eigenvalue weighted by atomic mass is 9.97. The first-order chi connectivity index (χ1) is 6.65. The summed E-state index contributed by atoms with van der Waals surface area (Å²) in [5.74, 6) is 0.497. The third-order valence-corrected chi connectivity index (χ3v) is 2.46. The van der Waals surface area contributed by atoms with Gasteiger partial charge in [0.1, 0.15) is 0 Å². The molecule has 14 heavy (non-hydrogen) atoms. The lowest BCUT2D eigenvalue weighted by Crippen LogP contribution is -2.27. The molecule has 0 aliphatic carbocycles. The fourth-order valence-electron chi connectivity index (χ4n) is 1.35. The van der Waals surface area contributed by atoms with Crippen molar-refractivity contribution in [3.8, 4) is 6.07 Å². The maximum absolute atomic E-state index is 8.96. The molecule has 3 nitrogen and oxygen atoms in total. The summed E-state index contributed by atoms with van der Waals surface area (Å²) in [7, 11) is 2.01. The Morgan fingerprint density at radius 1 is 1.57 bits per heavy atom. The van der Waals surface area contributed by atoms with Crippen LogP contribution >= 0.6 is 0 Å². The monoisotopic (exact) mass is 191 g/mol. The Morgan fingerprint density at radius 3 is 2.71 bits per heavy atom. The average Bonchev–Trinajstić information content (AvgIpc) is 2.65. The second kappa shape index (κ2) is 4.71. The van der Waals surface area contributed by atoms with Crippen molar-refractivity contribution in [2.45, 2.75) is 13.8 Å². The van der Waals surface area contributed by atoms with Crippen LogP contribution in [0.1, 0.15) is 13.8 Å². The van der Waals surface area contributed by atoms with Gasteiger partial charge in [0.25, 0.3) is 0 Å². The van der Waals surface area contributed by atoms with Gasteiger partial charge in [-0.2, -0.15) is 5.26 Å². The Balaban J connectivity index is 2.56. The molecule has 3 heteroatoms. The maximum Gasteiger partial charge on any atom is 0.0677 e. The molecule has 1 rings (SSSR count). The minimum Gasteiger partial charge on any atom is -0.372 e. The van der Waals surface area contributed by atoms with E-state index in [4.69, 9.17) is 5.26 Å². The molecule has 0 bridgehead atoms. The standard InChI is InChI=1S/C11H17N3/c1-9(2)10(6-12)8-14(3)11-4-5-13-7-11/h4-5,7,9-10,13H,8H2,1-3H3. The van der Waals surface area contributed by atoms with E-state index >= 15 is 0 Å². The zero-order valence-corrected chi connectivity index (χ0v) is 8.99. The summed E-state index contributed by atoms with van der Waals surface area (Å²) in [4.78, 5) is 5.11. The molecule has 1 heterocycles. The van der Waals surface area contributed by atoms with Crippen molar-refractivity contribution in [3.63, 3.8) is 0 Å². The number of aromatic amines is 1. The van der Waals surface area contributed by atoms with Crippen LogP contribution in [0.3, 0.4) is 0 Å². The molecule has 1 N–H and O–H groups in total. The average molecular weight is 191 g/mol. The van der Waals surface area contributed by atoms with Gasteiger partial charge in [-0.15, -0.1) is 0 Å². The first-order valence-electron chi connectivity index (χ1n) is 4.88. The lowest BCUT2D eigenvalue weighted by Gasteiger charge is -2.22. The molecule has 1 atom stereocenters. The first-order valence-corrected chi connectivity index (χ1v) is 4.88. The van der Waals surface area contributed by atoms with Gasteiger partial charge in [0, 0.05) is 26.0 Å². The summed E-state index contributed by atoms with van der Waals surface area (Å²) in [6, 6.07) is 4.35. The smallest absolute Gasteiger partial charge is 0.0677 e. The molecule has 1 aromatic rings. The lowest BCUT2D eigenvalue weighted by molar-refractivity contribution is 0.477. The summed E-state index contributed by atoms with van der Waals surface area (Å²) in [6.07, 6.45) is 3.83. The van der Waals surface area contributed by atoms with Crippen LogP contribution in [0.15, 0.2) is 18.5 Å². The Hall–Kier alpha value is -1.43. The third kappa shape index (κ3) is 2.53. The van der Waals surface area contributed by atoms with Crippen molar-refractivity contribution in [2.75, 3.05) is 18.5 Å². The van der Waals surface area contributed by atoms with E-state index in [2.05, 4.69) is 29.8 Å². The van der Waals surface area contributed by atoms with Crippen LogP contribution in [0, 0.1) is 23.2 Å². The summed E-state index contributed by atoms with van der Waals surface area (Å²) in [5.41, 5.74) is 1.13. The fraction of sp³-hybridized carbons (Fsp3) is 0.545. The molecule has 1 unspecified atom stereocenters. The van der Waals surface area contributed by atoms with Gasteiger partial charge in [0.15, 0.2) is 0 Å². The van der Waals surface area contributed by atoms with Crippen LogP contribution in [0.5, 0.6) is 0 Å². The molecule has 0 radical (unpaired) electrons. The minimum atomic E-state index is 0.0925. The van der Waals surface area contributed by atoms with E-state index in [0.717, 1.165) is 12.2 Å². The molecular formula is C11H17N3. The van der Waals surface area contributed by atoms with Gasteiger partial charge in [-0.05, 0) is 12.0 Å². The van der Waals surface area contributed by atoms with Gasteiger partial charge < -0.3 is 9.88 Å². The van der Waals surface area contributed by atoms with Crippen LogP contribution in [0.4, 0.5) is 5.69 Å². The van der Waals surface area contributed by atoms with Crippen molar-refractivity contribution < 1.29 is 0 Å². The quantitative estimate of drug-likeness (QED) is 0.793. The van der Waals surface area contributed by atoms with E-state index in [1.807, 2.05) is 25.5 Å². The molecular weight excluding hydrogens is 174 g/mol. The maximum atomic E-state index is 8.96.